The molecule has 0 saturated carbocycles. The highest BCUT2D eigenvalue weighted by Gasteiger charge is 2.36. The predicted molar refractivity (Wildman–Crippen MR) is 108 cm³/mol. The molecule has 2 aromatic rings. The molecule has 160 valence electrons. The van der Waals surface area contributed by atoms with E-state index in [9.17, 15) is 18.8 Å². The highest BCUT2D eigenvalue weighted by molar-refractivity contribution is 5.97. The van der Waals surface area contributed by atoms with Crippen molar-refractivity contribution in [2.75, 3.05) is 11.9 Å². The molecule has 0 aliphatic carbocycles. The van der Waals surface area contributed by atoms with Crippen LogP contribution in [0.15, 0.2) is 30.5 Å². The number of rotatable bonds is 6. The van der Waals surface area contributed by atoms with Crippen LogP contribution in [0.25, 0.3) is 0 Å². The molecule has 0 radical (unpaired) electrons. The molecule has 2 heterocycles. The number of carbonyl (C=O) groups excluding carboxylic acids is 3. The first-order valence-electron chi connectivity index (χ1n) is 9.76. The number of anilines is 1. The van der Waals surface area contributed by atoms with Crippen LogP contribution in [0.4, 0.5) is 10.1 Å². The maximum atomic E-state index is 14.2. The Hall–Kier alpha value is -3.30. The summed E-state index contributed by atoms with van der Waals surface area (Å²) in [6, 6.07) is 6.06. The van der Waals surface area contributed by atoms with E-state index in [-0.39, 0.29) is 49.0 Å². The van der Waals surface area contributed by atoms with Crippen LogP contribution in [-0.4, -0.2) is 62.4 Å². The Morgan fingerprint density at radius 1 is 1.30 bits per heavy atom. The fourth-order valence-corrected chi connectivity index (χ4v) is 3.42. The van der Waals surface area contributed by atoms with Gasteiger partial charge >= 0.3 is 0 Å². The van der Waals surface area contributed by atoms with Gasteiger partial charge in [-0.25, -0.2) is 9.07 Å². The molecule has 2 unspecified atom stereocenters. The minimum absolute atomic E-state index is 0.0245. The van der Waals surface area contributed by atoms with Crippen molar-refractivity contribution in [1.82, 2.24) is 25.2 Å². The summed E-state index contributed by atoms with van der Waals surface area (Å²) >= 11 is 0. The zero-order valence-electron chi connectivity index (χ0n) is 17.1. The third kappa shape index (κ3) is 5.19. The van der Waals surface area contributed by atoms with Gasteiger partial charge < -0.3 is 15.5 Å². The number of benzene rings is 1. The maximum absolute atomic E-state index is 14.2. The third-order valence-electron chi connectivity index (χ3n) is 4.64. The smallest absolute Gasteiger partial charge is 0.273 e. The molecule has 1 aliphatic heterocycles. The van der Waals surface area contributed by atoms with Crippen molar-refractivity contribution in [3.63, 3.8) is 0 Å². The summed E-state index contributed by atoms with van der Waals surface area (Å²) in [6.07, 6.45) is 0.512. The van der Waals surface area contributed by atoms with Crippen LogP contribution in [0.2, 0.25) is 0 Å². The lowest BCUT2D eigenvalue weighted by Crippen LogP contribution is -2.38. The quantitative estimate of drug-likeness (QED) is 0.744. The predicted octanol–water partition coefficient (Wildman–Crippen LogP) is 1.63. The molecule has 1 aromatic carbocycles. The number of nitrogens with one attached hydrogen (secondary N) is 2. The molecule has 9 nitrogen and oxygen atoms in total. The number of halogens is 1. The van der Waals surface area contributed by atoms with E-state index in [1.807, 2.05) is 13.8 Å². The molecule has 10 heteroatoms. The second-order valence-electron chi connectivity index (χ2n) is 7.66. The molecule has 3 amide bonds. The lowest BCUT2D eigenvalue weighted by molar-refractivity contribution is -0.114. The van der Waals surface area contributed by atoms with Gasteiger partial charge in [-0.3, -0.25) is 14.4 Å². The largest absolute Gasteiger partial charge is 0.348 e. The van der Waals surface area contributed by atoms with Crippen LogP contribution in [-0.2, 0) is 11.3 Å². The van der Waals surface area contributed by atoms with E-state index >= 15 is 0 Å². The number of aromatic nitrogens is 3. The van der Waals surface area contributed by atoms with Gasteiger partial charge in [0.2, 0.25) is 5.91 Å². The Morgan fingerprint density at radius 2 is 2.07 bits per heavy atom. The van der Waals surface area contributed by atoms with Gasteiger partial charge in [0.1, 0.15) is 6.17 Å². The number of nitrogens with zero attached hydrogens (tertiary/aromatic N) is 4. The van der Waals surface area contributed by atoms with Crippen molar-refractivity contribution in [1.29, 1.82) is 0 Å². The van der Waals surface area contributed by atoms with E-state index in [0.717, 1.165) is 0 Å². The normalized spacial score (nSPS) is 18.5. The zero-order valence-corrected chi connectivity index (χ0v) is 17.1. The van der Waals surface area contributed by atoms with E-state index in [0.29, 0.717) is 11.3 Å². The molecule has 2 N–H and O–H groups in total. The van der Waals surface area contributed by atoms with Gasteiger partial charge in [-0.2, -0.15) is 0 Å². The number of carbonyl (C=O) groups is 3. The number of hydrogen-bond acceptors (Lipinski definition) is 5. The summed E-state index contributed by atoms with van der Waals surface area (Å²) in [5, 5.41) is 13.2. The Labute approximate surface area is 173 Å². The van der Waals surface area contributed by atoms with Gasteiger partial charge in [-0.1, -0.05) is 11.3 Å². The summed E-state index contributed by atoms with van der Waals surface area (Å²) in [7, 11) is 0. The molecular formula is C20H25FN6O3. The first kappa shape index (κ1) is 21.4. The second-order valence-corrected chi connectivity index (χ2v) is 7.66. The summed E-state index contributed by atoms with van der Waals surface area (Å²) in [5.41, 5.74) is 1.02. The van der Waals surface area contributed by atoms with Crippen LogP contribution in [0.1, 0.15) is 48.0 Å². The Kier molecular flexibility index (Phi) is 6.43. The minimum Gasteiger partial charge on any atom is -0.348 e. The van der Waals surface area contributed by atoms with E-state index in [2.05, 4.69) is 20.9 Å². The number of alkyl halides is 1. The summed E-state index contributed by atoms with van der Waals surface area (Å²) in [4.78, 5) is 37.8. The molecule has 0 spiro atoms. The van der Waals surface area contributed by atoms with Gasteiger partial charge in [-0.05, 0) is 32.0 Å². The highest BCUT2D eigenvalue weighted by atomic mass is 19.1. The summed E-state index contributed by atoms with van der Waals surface area (Å²) in [5.74, 6) is -0.912. The highest BCUT2D eigenvalue weighted by Crippen LogP contribution is 2.25. The second kappa shape index (κ2) is 9.02. The fourth-order valence-electron chi connectivity index (χ4n) is 3.42. The SMILES string of the molecule is CC(=O)Nc1cccc(C(=O)N2CC(F)CC2Cn2cc(C(=O)NC(C)C)nn2)c1. The van der Waals surface area contributed by atoms with Gasteiger partial charge in [-0.15, -0.1) is 5.10 Å². The number of amides is 3. The van der Waals surface area contributed by atoms with Crippen molar-refractivity contribution in [3.05, 3.63) is 41.7 Å². The maximum Gasteiger partial charge on any atom is 0.273 e. The number of hydrogen-bond donors (Lipinski definition) is 2. The van der Waals surface area contributed by atoms with Crippen molar-refractivity contribution in [3.8, 4) is 0 Å². The molecule has 1 aromatic heterocycles. The van der Waals surface area contributed by atoms with Gasteiger partial charge in [0.15, 0.2) is 5.69 Å². The molecule has 2 atom stereocenters. The average Bonchev–Trinajstić information content (AvgIpc) is 3.27. The van der Waals surface area contributed by atoms with E-state index < -0.39 is 12.2 Å². The molecule has 30 heavy (non-hydrogen) atoms. The van der Waals surface area contributed by atoms with E-state index in [1.165, 1.54) is 22.7 Å². The fraction of sp³-hybridized carbons (Fsp3) is 0.450. The number of likely N-dealkylation sites (tertiary alicyclic amines) is 1. The van der Waals surface area contributed by atoms with Crippen LogP contribution < -0.4 is 10.6 Å². The first-order chi connectivity index (χ1) is 14.2. The summed E-state index contributed by atoms with van der Waals surface area (Å²) < 4.78 is 15.6. The molecule has 1 aliphatic rings. The van der Waals surface area contributed by atoms with Crippen molar-refractivity contribution in [2.24, 2.45) is 0 Å². The standard InChI is InChI=1S/C20H25FN6O3/c1-12(2)22-19(29)18-11-26(25-24-18)10-17-8-15(21)9-27(17)20(30)14-5-4-6-16(7-14)23-13(3)28/h4-7,11-12,15,17H,8-10H2,1-3H3,(H,22,29)(H,23,28). The van der Waals surface area contributed by atoms with Crippen LogP contribution >= 0.6 is 0 Å². The topological polar surface area (TPSA) is 109 Å². The van der Waals surface area contributed by atoms with Crippen LogP contribution in [0.5, 0.6) is 0 Å². The Morgan fingerprint density at radius 3 is 2.77 bits per heavy atom. The van der Waals surface area contributed by atoms with E-state index in [4.69, 9.17) is 0 Å². The molecule has 1 fully saturated rings. The molecule has 0 bridgehead atoms. The summed E-state index contributed by atoms with van der Waals surface area (Å²) in [6.45, 7) is 5.26. The lowest BCUT2D eigenvalue weighted by Gasteiger charge is -2.24. The molecule has 1 saturated heterocycles. The van der Waals surface area contributed by atoms with Gasteiger partial charge in [0.25, 0.3) is 11.8 Å². The van der Waals surface area contributed by atoms with Crippen LogP contribution in [0.3, 0.4) is 0 Å². The monoisotopic (exact) mass is 416 g/mol. The van der Waals surface area contributed by atoms with Gasteiger partial charge in [0.05, 0.1) is 25.3 Å². The minimum atomic E-state index is -1.15. The van der Waals surface area contributed by atoms with Crippen molar-refractivity contribution >= 4 is 23.4 Å². The van der Waals surface area contributed by atoms with Gasteiger partial charge in [0, 0.05) is 30.6 Å². The molecule has 3 rings (SSSR count). The first-order valence-corrected chi connectivity index (χ1v) is 9.76. The Balaban J connectivity index is 1.73. The third-order valence-corrected chi connectivity index (χ3v) is 4.64. The average molecular weight is 416 g/mol. The zero-order chi connectivity index (χ0) is 21.8. The van der Waals surface area contributed by atoms with Crippen molar-refractivity contribution in [2.45, 2.75) is 52.0 Å². The Bertz CT molecular complexity index is 944. The van der Waals surface area contributed by atoms with Crippen molar-refractivity contribution < 1.29 is 18.8 Å². The van der Waals surface area contributed by atoms with Crippen LogP contribution in [0, 0.1) is 0 Å². The van der Waals surface area contributed by atoms with E-state index in [1.54, 1.807) is 24.3 Å². The molecular weight excluding hydrogens is 391 g/mol. The lowest BCUT2D eigenvalue weighted by atomic mass is 10.1.